The van der Waals surface area contributed by atoms with E-state index in [4.69, 9.17) is 21.1 Å². The molecule has 1 rings (SSSR count). The molecule has 0 aromatic heterocycles. The minimum Gasteiger partial charge on any atom is -0.484 e. The second-order valence-electron chi connectivity index (χ2n) is 4.56. The first-order chi connectivity index (χ1) is 9.49. The van der Waals surface area contributed by atoms with Crippen LogP contribution in [0.25, 0.3) is 0 Å². The van der Waals surface area contributed by atoms with Crippen molar-refractivity contribution >= 4 is 17.5 Å². The third-order valence-corrected chi connectivity index (χ3v) is 2.84. The van der Waals surface area contributed by atoms with Crippen molar-refractivity contribution in [1.29, 1.82) is 0 Å². The van der Waals surface area contributed by atoms with Gasteiger partial charge in [-0.15, -0.1) is 0 Å². The molecule has 0 radical (unpaired) electrons. The quantitative estimate of drug-likeness (QED) is 0.593. The Morgan fingerprint density at radius 3 is 2.80 bits per heavy atom. The van der Waals surface area contributed by atoms with E-state index in [1.165, 1.54) is 0 Å². The van der Waals surface area contributed by atoms with Gasteiger partial charge in [0.2, 0.25) is 0 Å². The summed E-state index contributed by atoms with van der Waals surface area (Å²) < 4.78 is 10.6. The van der Waals surface area contributed by atoms with Crippen LogP contribution < -0.4 is 10.1 Å². The number of carbonyl (C=O) groups excluding carboxylic acids is 1. The maximum absolute atomic E-state index is 11.5. The number of benzene rings is 1. The molecule has 5 heteroatoms. The highest BCUT2D eigenvalue weighted by molar-refractivity contribution is 6.31. The second-order valence-corrected chi connectivity index (χ2v) is 4.97. The fourth-order valence-corrected chi connectivity index (χ4v) is 1.53. The summed E-state index contributed by atoms with van der Waals surface area (Å²) >= 11 is 5.91. The van der Waals surface area contributed by atoms with Crippen LogP contribution in [0.5, 0.6) is 5.75 Å². The van der Waals surface area contributed by atoms with E-state index in [0.717, 1.165) is 11.1 Å². The number of carbonyl (C=O) groups is 1. The molecule has 0 aliphatic carbocycles. The summed E-state index contributed by atoms with van der Waals surface area (Å²) in [4.78, 5) is 11.5. The molecule has 0 bridgehead atoms. The Morgan fingerprint density at radius 2 is 2.15 bits per heavy atom. The van der Waals surface area contributed by atoms with Crippen LogP contribution in [0.1, 0.15) is 12.5 Å². The van der Waals surface area contributed by atoms with E-state index in [9.17, 15) is 4.79 Å². The van der Waals surface area contributed by atoms with E-state index in [0.29, 0.717) is 30.5 Å². The van der Waals surface area contributed by atoms with Crippen LogP contribution >= 0.6 is 11.6 Å². The van der Waals surface area contributed by atoms with Crippen molar-refractivity contribution in [3.8, 4) is 5.75 Å². The lowest BCUT2D eigenvalue weighted by Gasteiger charge is -2.09. The van der Waals surface area contributed by atoms with Crippen molar-refractivity contribution in [2.75, 3.05) is 26.4 Å². The maximum atomic E-state index is 11.5. The predicted octanol–water partition coefficient (Wildman–Crippen LogP) is 2.74. The van der Waals surface area contributed by atoms with Crippen LogP contribution in [0.2, 0.25) is 5.02 Å². The summed E-state index contributed by atoms with van der Waals surface area (Å²) in [5.41, 5.74) is 1.87. The SMILES string of the molecule is C=C(C)COCCNC(=O)COc1ccc(Cl)c(C)c1. The van der Waals surface area contributed by atoms with Crippen molar-refractivity contribution in [3.05, 3.63) is 40.9 Å². The van der Waals surface area contributed by atoms with E-state index in [2.05, 4.69) is 11.9 Å². The van der Waals surface area contributed by atoms with Gasteiger partial charge in [-0.1, -0.05) is 23.8 Å². The van der Waals surface area contributed by atoms with Gasteiger partial charge < -0.3 is 14.8 Å². The van der Waals surface area contributed by atoms with Gasteiger partial charge in [-0.3, -0.25) is 4.79 Å². The van der Waals surface area contributed by atoms with E-state index >= 15 is 0 Å². The smallest absolute Gasteiger partial charge is 0.258 e. The van der Waals surface area contributed by atoms with E-state index < -0.39 is 0 Å². The van der Waals surface area contributed by atoms with Gasteiger partial charge in [0.15, 0.2) is 6.61 Å². The molecule has 0 unspecified atom stereocenters. The lowest BCUT2D eigenvalue weighted by atomic mass is 10.2. The molecule has 4 nitrogen and oxygen atoms in total. The monoisotopic (exact) mass is 297 g/mol. The predicted molar refractivity (Wildman–Crippen MR) is 80.3 cm³/mol. The molecule has 0 aliphatic heterocycles. The van der Waals surface area contributed by atoms with Crippen LogP contribution in [0, 0.1) is 6.92 Å². The molecule has 110 valence electrons. The lowest BCUT2D eigenvalue weighted by molar-refractivity contribution is -0.123. The summed E-state index contributed by atoms with van der Waals surface area (Å²) in [5.74, 6) is 0.442. The fourth-order valence-electron chi connectivity index (χ4n) is 1.42. The van der Waals surface area contributed by atoms with Gasteiger partial charge in [0, 0.05) is 11.6 Å². The third kappa shape index (κ3) is 6.59. The summed E-state index contributed by atoms with van der Waals surface area (Å²) in [6.45, 7) is 8.89. The maximum Gasteiger partial charge on any atom is 0.258 e. The highest BCUT2D eigenvalue weighted by atomic mass is 35.5. The van der Waals surface area contributed by atoms with Gasteiger partial charge in [-0.25, -0.2) is 0 Å². The first-order valence-electron chi connectivity index (χ1n) is 6.37. The molecule has 0 spiro atoms. The second kappa shape index (κ2) is 8.61. The number of amides is 1. The van der Waals surface area contributed by atoms with Crippen molar-refractivity contribution < 1.29 is 14.3 Å². The zero-order valence-electron chi connectivity index (χ0n) is 11.9. The number of hydrogen-bond donors (Lipinski definition) is 1. The minimum atomic E-state index is -0.184. The summed E-state index contributed by atoms with van der Waals surface area (Å²) in [7, 11) is 0. The van der Waals surface area contributed by atoms with Gasteiger partial charge in [0.05, 0.1) is 13.2 Å². The topological polar surface area (TPSA) is 47.6 Å². The Morgan fingerprint density at radius 1 is 1.40 bits per heavy atom. The number of ether oxygens (including phenoxy) is 2. The molecular formula is C15H20ClNO3. The van der Waals surface area contributed by atoms with Gasteiger partial charge in [0.1, 0.15) is 5.75 Å². The Bertz CT molecular complexity index is 474. The Balaban J connectivity index is 2.19. The Labute approximate surface area is 124 Å². The zero-order valence-corrected chi connectivity index (χ0v) is 12.6. The summed E-state index contributed by atoms with van der Waals surface area (Å²) in [6.07, 6.45) is 0. The summed E-state index contributed by atoms with van der Waals surface area (Å²) in [5, 5.41) is 3.39. The average Bonchev–Trinajstić information content (AvgIpc) is 2.39. The van der Waals surface area contributed by atoms with Crippen LogP contribution in [-0.2, 0) is 9.53 Å². The minimum absolute atomic E-state index is 0.0262. The van der Waals surface area contributed by atoms with Gasteiger partial charge in [-0.05, 0) is 37.6 Å². The normalized spacial score (nSPS) is 10.2. The Hall–Kier alpha value is -1.52. The molecule has 0 atom stereocenters. The molecule has 0 fully saturated rings. The molecule has 1 aromatic carbocycles. The molecule has 1 aromatic rings. The fraction of sp³-hybridized carbons (Fsp3) is 0.400. The number of hydrogen-bond acceptors (Lipinski definition) is 3. The van der Waals surface area contributed by atoms with Gasteiger partial charge >= 0.3 is 0 Å². The van der Waals surface area contributed by atoms with E-state index in [1.807, 2.05) is 13.8 Å². The van der Waals surface area contributed by atoms with Crippen molar-refractivity contribution in [2.45, 2.75) is 13.8 Å². The highest BCUT2D eigenvalue weighted by Crippen LogP contribution is 2.20. The molecule has 20 heavy (non-hydrogen) atoms. The number of halogens is 1. The first-order valence-corrected chi connectivity index (χ1v) is 6.74. The van der Waals surface area contributed by atoms with Crippen LogP contribution in [0.3, 0.4) is 0 Å². The van der Waals surface area contributed by atoms with Gasteiger partial charge in [-0.2, -0.15) is 0 Å². The molecule has 0 saturated carbocycles. The molecule has 1 N–H and O–H groups in total. The van der Waals surface area contributed by atoms with Crippen molar-refractivity contribution in [2.24, 2.45) is 0 Å². The standard InChI is InChI=1S/C15H20ClNO3/c1-11(2)9-19-7-6-17-15(18)10-20-13-4-5-14(16)12(3)8-13/h4-5,8H,1,6-7,9-10H2,2-3H3,(H,17,18). The van der Waals surface area contributed by atoms with Crippen molar-refractivity contribution in [3.63, 3.8) is 0 Å². The van der Waals surface area contributed by atoms with Crippen LogP contribution in [0.15, 0.2) is 30.4 Å². The lowest BCUT2D eigenvalue weighted by Crippen LogP contribution is -2.31. The molecule has 0 heterocycles. The molecule has 1 amide bonds. The van der Waals surface area contributed by atoms with Crippen LogP contribution in [0.4, 0.5) is 0 Å². The number of aryl methyl sites for hydroxylation is 1. The van der Waals surface area contributed by atoms with Crippen molar-refractivity contribution in [1.82, 2.24) is 5.32 Å². The summed E-state index contributed by atoms with van der Waals surface area (Å²) in [6, 6.07) is 5.28. The first kappa shape index (κ1) is 16.5. The highest BCUT2D eigenvalue weighted by Gasteiger charge is 2.03. The van der Waals surface area contributed by atoms with Gasteiger partial charge in [0.25, 0.3) is 5.91 Å². The number of rotatable bonds is 8. The average molecular weight is 298 g/mol. The molecule has 0 aliphatic rings. The number of nitrogens with one attached hydrogen (secondary N) is 1. The third-order valence-electron chi connectivity index (χ3n) is 2.42. The van der Waals surface area contributed by atoms with E-state index in [-0.39, 0.29) is 12.5 Å². The Kier molecular flexibility index (Phi) is 7.12. The molecular weight excluding hydrogens is 278 g/mol. The van der Waals surface area contributed by atoms with Crippen LogP contribution in [-0.4, -0.2) is 32.3 Å². The zero-order chi connectivity index (χ0) is 15.0. The molecule has 0 saturated heterocycles. The van der Waals surface area contributed by atoms with E-state index in [1.54, 1.807) is 18.2 Å². The largest absolute Gasteiger partial charge is 0.484 e.